The van der Waals surface area contributed by atoms with Gasteiger partial charge in [0.1, 0.15) is 72.5 Å². The number of nitrogens with zero attached hydrogens (tertiary/aromatic N) is 2. The number of aliphatic carboxylic acids is 1. The summed E-state index contributed by atoms with van der Waals surface area (Å²) in [5.41, 5.74) is 16.7. The van der Waals surface area contributed by atoms with Crippen molar-refractivity contribution in [2.75, 3.05) is 31.1 Å². The molecule has 0 radical (unpaired) electrons. The van der Waals surface area contributed by atoms with Gasteiger partial charge in [0, 0.05) is 37.4 Å². The third-order valence-electron chi connectivity index (χ3n) is 16.6. The van der Waals surface area contributed by atoms with E-state index in [1.165, 1.54) is 16.7 Å². The molecule has 0 aromatic heterocycles. The third kappa shape index (κ3) is 29.1. The maximum Gasteiger partial charge on any atom is 0.327 e. The molecule has 0 unspecified atom stereocenters. The molecule has 0 aromatic rings. The fourth-order valence-electron chi connectivity index (χ4n) is 11.1. The zero-order valence-corrected chi connectivity index (χ0v) is 61.1. The van der Waals surface area contributed by atoms with Gasteiger partial charge in [-0.3, -0.25) is 71.9 Å². The summed E-state index contributed by atoms with van der Waals surface area (Å²) >= 11 is 8.02. The molecule has 0 aliphatic carbocycles. The second-order valence-corrected chi connectivity index (χ2v) is 28.4. The number of hydrogen-bond donors (Lipinski definition) is 17. The molecule has 2 aliphatic rings. The molecule has 18 N–H and O–H groups in total. The number of rotatable bonds is 42. The summed E-state index contributed by atoms with van der Waals surface area (Å²) in [7, 11) is 0. The number of carboxylic acids is 1. The van der Waals surface area contributed by atoms with Crippen molar-refractivity contribution in [2.24, 2.45) is 52.7 Å². The van der Waals surface area contributed by atoms with Crippen molar-refractivity contribution in [1.29, 1.82) is 0 Å². The highest BCUT2D eigenvalue weighted by atomic mass is 32.1. The van der Waals surface area contributed by atoms with Gasteiger partial charge >= 0.3 is 5.97 Å². The van der Waals surface area contributed by atoms with Gasteiger partial charge in [0.15, 0.2) is 0 Å². The van der Waals surface area contributed by atoms with E-state index in [0.29, 0.717) is 12.8 Å². The normalized spacial score (nSPS) is 17.9. The molecular formula is C64H110N16O17S2. The summed E-state index contributed by atoms with van der Waals surface area (Å²) in [6.45, 7) is 21.4. The van der Waals surface area contributed by atoms with E-state index in [2.05, 4.69) is 83.7 Å². The van der Waals surface area contributed by atoms with Crippen LogP contribution in [0.5, 0.6) is 0 Å². The Hall–Kier alpha value is -7.82. The van der Waals surface area contributed by atoms with Crippen LogP contribution in [0.1, 0.15) is 161 Å². The van der Waals surface area contributed by atoms with Crippen molar-refractivity contribution in [3.63, 3.8) is 0 Å². The SMILES string of the molecule is CC(C)C[C@H](NC(=O)[C@H](CC(C)C)NC(=O)[C@@H](NC(=O)[C@H](CCC(N)=O)NC(=O)[C@@H]1CCCN1C(=O)CNC(=O)[C@@H]1CCCN1C(=O)[C@H](CCC(N)=O)NC(=O)[C@H](C)NC(=O)[C@@H](NC(=O)[C@@H](N)CS)C(C)C)C(C)C)C(=O)N[C@H](C(=O)N[C@@H](CC(C)C)C(=O)N[C@@H](CS)C(=O)O)C(C)C. The lowest BCUT2D eigenvalue weighted by molar-refractivity contribution is -0.143. The summed E-state index contributed by atoms with van der Waals surface area (Å²) in [6.07, 6.45) is -0.272. The fourth-order valence-corrected chi connectivity index (χ4v) is 11.5. The molecule has 35 heteroatoms. The van der Waals surface area contributed by atoms with Crippen molar-refractivity contribution < 1.29 is 81.8 Å². The second kappa shape index (κ2) is 42.3. The zero-order chi connectivity index (χ0) is 75.5. The van der Waals surface area contributed by atoms with Gasteiger partial charge < -0.3 is 90.6 Å². The lowest BCUT2D eigenvalue weighted by Crippen LogP contribution is -2.61. The number of nitrogens with one attached hydrogen (secondary N) is 11. The first-order valence-corrected chi connectivity index (χ1v) is 35.1. The van der Waals surface area contributed by atoms with Gasteiger partial charge in [0.25, 0.3) is 0 Å². The van der Waals surface area contributed by atoms with E-state index in [1.54, 1.807) is 83.1 Å². The van der Waals surface area contributed by atoms with E-state index in [0.717, 1.165) is 0 Å². The Morgan fingerprint density at radius 2 is 0.788 bits per heavy atom. The molecule has 0 spiro atoms. The smallest absolute Gasteiger partial charge is 0.327 e. The van der Waals surface area contributed by atoms with Crippen LogP contribution in [-0.4, -0.2) is 219 Å². The number of thiol groups is 2. The highest BCUT2D eigenvalue weighted by Gasteiger charge is 2.42. The Balaban J connectivity index is 2.29. The monoisotopic (exact) mass is 1440 g/mol. The average molecular weight is 1440 g/mol. The summed E-state index contributed by atoms with van der Waals surface area (Å²) < 4.78 is 0. The maximum atomic E-state index is 14.3. The molecule has 0 saturated carbocycles. The predicted octanol–water partition coefficient (Wildman–Crippen LogP) is -3.14. The number of likely N-dealkylation sites (tertiary alicyclic amines) is 2. The predicted molar refractivity (Wildman–Crippen MR) is 371 cm³/mol. The Morgan fingerprint density at radius 3 is 1.19 bits per heavy atom. The maximum absolute atomic E-state index is 14.3. The minimum Gasteiger partial charge on any atom is -0.480 e. The van der Waals surface area contributed by atoms with Crippen LogP contribution in [-0.2, 0) is 76.7 Å². The highest BCUT2D eigenvalue weighted by Crippen LogP contribution is 2.22. The molecule has 560 valence electrons. The molecule has 2 saturated heterocycles. The highest BCUT2D eigenvalue weighted by molar-refractivity contribution is 7.80. The number of carboxylic acid groups (broad SMARTS) is 1. The Kier molecular flexibility index (Phi) is 37.3. The molecule has 33 nitrogen and oxygen atoms in total. The lowest BCUT2D eigenvalue weighted by atomic mass is 9.97. The Labute approximate surface area is 590 Å². The second-order valence-electron chi connectivity index (χ2n) is 27.6. The number of amides is 15. The molecule has 0 bridgehead atoms. The zero-order valence-electron chi connectivity index (χ0n) is 59.3. The van der Waals surface area contributed by atoms with Crippen LogP contribution in [0.4, 0.5) is 0 Å². The van der Waals surface area contributed by atoms with Crippen LogP contribution >= 0.6 is 25.3 Å². The van der Waals surface area contributed by atoms with Gasteiger partial charge in [-0.25, -0.2) is 4.79 Å². The van der Waals surface area contributed by atoms with Crippen LogP contribution in [0.25, 0.3) is 0 Å². The molecule has 15 amide bonds. The average Bonchev–Trinajstić information content (AvgIpc) is 1.77. The van der Waals surface area contributed by atoms with Crippen molar-refractivity contribution in [3.8, 4) is 0 Å². The number of carbonyl (C=O) groups is 16. The van der Waals surface area contributed by atoms with E-state index < -0.39 is 204 Å². The van der Waals surface area contributed by atoms with E-state index in [9.17, 15) is 81.8 Å². The quantitative estimate of drug-likeness (QED) is 0.0269. The van der Waals surface area contributed by atoms with Gasteiger partial charge in [-0.1, -0.05) is 83.1 Å². The lowest BCUT2D eigenvalue weighted by Gasteiger charge is -2.31. The van der Waals surface area contributed by atoms with Crippen molar-refractivity contribution >= 4 is 120 Å². The molecule has 2 fully saturated rings. The number of hydrogen-bond acceptors (Lipinski definition) is 19. The van der Waals surface area contributed by atoms with Crippen LogP contribution in [0, 0.1) is 35.5 Å². The molecule has 0 aromatic carbocycles. The Morgan fingerprint density at radius 1 is 0.424 bits per heavy atom. The van der Waals surface area contributed by atoms with Gasteiger partial charge in [-0.2, -0.15) is 25.3 Å². The summed E-state index contributed by atoms with van der Waals surface area (Å²) in [6, 6.07) is -16.3. The van der Waals surface area contributed by atoms with Crippen LogP contribution in [0.15, 0.2) is 0 Å². The van der Waals surface area contributed by atoms with Gasteiger partial charge in [0.05, 0.1) is 12.6 Å². The number of carbonyl (C=O) groups excluding carboxylic acids is 15. The first-order chi connectivity index (χ1) is 46.1. The van der Waals surface area contributed by atoms with Crippen molar-refractivity contribution in [1.82, 2.24) is 68.3 Å². The largest absolute Gasteiger partial charge is 0.480 e. The Bertz CT molecular complexity index is 2870. The third-order valence-corrected chi connectivity index (χ3v) is 17.3. The summed E-state index contributed by atoms with van der Waals surface area (Å²) in [5, 5.41) is 38.1. The molecule has 2 aliphatic heterocycles. The fraction of sp³-hybridized carbons (Fsp3) is 0.750. The van der Waals surface area contributed by atoms with Gasteiger partial charge in [-0.05, 0) is 100 Å². The molecule has 2 heterocycles. The minimum atomic E-state index is -1.51. The van der Waals surface area contributed by atoms with Crippen LogP contribution in [0.2, 0.25) is 0 Å². The van der Waals surface area contributed by atoms with Crippen LogP contribution < -0.4 is 75.7 Å². The van der Waals surface area contributed by atoms with Crippen molar-refractivity contribution in [3.05, 3.63) is 0 Å². The van der Waals surface area contributed by atoms with E-state index in [1.807, 2.05) is 0 Å². The van der Waals surface area contributed by atoms with Crippen molar-refractivity contribution in [2.45, 2.75) is 239 Å². The number of primary amides is 2. The van der Waals surface area contributed by atoms with E-state index in [4.69, 9.17) is 17.2 Å². The van der Waals surface area contributed by atoms with E-state index >= 15 is 0 Å². The topological polar surface area (TPSA) is 510 Å². The van der Waals surface area contributed by atoms with E-state index in [-0.39, 0.29) is 93.7 Å². The minimum absolute atomic E-state index is 0.00307. The first kappa shape index (κ1) is 87.3. The van der Waals surface area contributed by atoms with Gasteiger partial charge in [-0.15, -0.1) is 0 Å². The first-order valence-electron chi connectivity index (χ1n) is 33.8. The molecule has 13 atom stereocenters. The van der Waals surface area contributed by atoms with Crippen LogP contribution in [0.3, 0.4) is 0 Å². The number of nitrogens with two attached hydrogens (primary N) is 3. The summed E-state index contributed by atoms with van der Waals surface area (Å²) in [5.74, 6) is -15.4. The summed E-state index contributed by atoms with van der Waals surface area (Å²) in [4.78, 5) is 218. The molecule has 99 heavy (non-hydrogen) atoms. The van der Waals surface area contributed by atoms with Gasteiger partial charge in [0.2, 0.25) is 88.6 Å². The standard InChI is InChI=1S/C64H110N16O17S2/c1-30(2)24-40(55(87)72-42(26-32(5)6)57(89)78-51(35(11)12)62(94)74-41(25-31(3)4)56(88)75-43(29-99)64(96)97)73-61(93)50(34(9)10)77-54(86)38(18-20-46(66)81)70-59(91)45-17-14-22-79(45)48(83)27-68-58(90)44-16-15-23-80(44)63(95)39(19-21-47(67)82)71-52(84)36(13)69-60(92)49(33(7)8)76-53(85)37(65)28-98/h30-45,49-51,98-99H,14-29,65H2,1-13H3,(H2,66,81)(H2,67,82)(H,68,90)(H,69,92)(H,70,91)(H,71,84)(H,72,87)(H,73,93)(H,74,94)(H,75,88)(H,76,85)(H,77,86)(H,78,89)(H,96,97)/t36-,37-,38-,39-,40-,41-,42-,43-,44-,45-,49-,50-,51-/m0/s1. The molecular weight excluding hydrogens is 1330 g/mol. The molecule has 2 rings (SSSR count).